The van der Waals surface area contributed by atoms with E-state index in [1.165, 1.54) is 6.07 Å². The SMILES string of the molecule is CC(N)CCC(=O)Nc1ccc(F)c(S(=O)(=O)NC2CC2)c1. The normalized spacial score (nSPS) is 16.3. The van der Waals surface area contributed by atoms with Crippen LogP contribution in [-0.4, -0.2) is 26.4 Å². The third-order valence-electron chi connectivity index (χ3n) is 3.23. The first-order valence-electron chi connectivity index (χ1n) is 7.15. The first-order valence-corrected chi connectivity index (χ1v) is 8.63. The number of sulfonamides is 1. The van der Waals surface area contributed by atoms with Gasteiger partial charge in [-0.15, -0.1) is 0 Å². The molecule has 0 aliphatic heterocycles. The molecule has 1 aromatic rings. The molecule has 4 N–H and O–H groups in total. The minimum atomic E-state index is -3.91. The molecule has 0 radical (unpaired) electrons. The number of carbonyl (C=O) groups excluding carboxylic acids is 1. The van der Waals surface area contributed by atoms with Crippen molar-refractivity contribution >= 4 is 21.6 Å². The Morgan fingerprint density at radius 2 is 2.14 bits per heavy atom. The first kappa shape index (κ1) is 16.9. The highest BCUT2D eigenvalue weighted by molar-refractivity contribution is 7.89. The molecule has 0 aromatic heterocycles. The van der Waals surface area contributed by atoms with Crippen LogP contribution in [0, 0.1) is 5.82 Å². The predicted molar refractivity (Wildman–Crippen MR) is 81.3 cm³/mol. The van der Waals surface area contributed by atoms with Crippen LogP contribution in [0.5, 0.6) is 0 Å². The Hall–Kier alpha value is -1.51. The molecule has 0 bridgehead atoms. The van der Waals surface area contributed by atoms with E-state index in [1.807, 2.05) is 0 Å². The van der Waals surface area contributed by atoms with Crippen LogP contribution >= 0.6 is 0 Å². The molecule has 6 nitrogen and oxygen atoms in total. The third-order valence-corrected chi connectivity index (χ3v) is 4.77. The number of carbonyl (C=O) groups is 1. The molecule has 1 amide bonds. The van der Waals surface area contributed by atoms with Crippen molar-refractivity contribution in [3.63, 3.8) is 0 Å². The molecule has 1 aliphatic carbocycles. The molecule has 0 spiro atoms. The number of nitrogens with one attached hydrogen (secondary N) is 2. The van der Waals surface area contributed by atoms with Gasteiger partial charge >= 0.3 is 0 Å². The van der Waals surface area contributed by atoms with Crippen molar-refractivity contribution in [3.05, 3.63) is 24.0 Å². The largest absolute Gasteiger partial charge is 0.328 e. The monoisotopic (exact) mass is 329 g/mol. The van der Waals surface area contributed by atoms with Gasteiger partial charge in [-0.1, -0.05) is 0 Å². The zero-order valence-corrected chi connectivity index (χ0v) is 13.1. The Kier molecular flexibility index (Phi) is 5.15. The number of hydrogen-bond donors (Lipinski definition) is 3. The average molecular weight is 329 g/mol. The standard InChI is InChI=1S/C14H20FN3O3S/c1-9(16)2-7-14(19)17-11-5-6-12(15)13(8-11)22(20,21)18-10-3-4-10/h5-6,8-10,18H,2-4,7,16H2,1H3,(H,17,19). The summed E-state index contributed by atoms with van der Waals surface area (Å²) in [7, 11) is -3.91. The van der Waals surface area contributed by atoms with Crippen LogP contribution in [0.15, 0.2) is 23.1 Å². The van der Waals surface area contributed by atoms with Crippen molar-refractivity contribution in [1.29, 1.82) is 0 Å². The zero-order chi connectivity index (χ0) is 16.3. The van der Waals surface area contributed by atoms with Gasteiger partial charge in [0.25, 0.3) is 0 Å². The summed E-state index contributed by atoms with van der Waals surface area (Å²) < 4.78 is 40.3. The summed E-state index contributed by atoms with van der Waals surface area (Å²) in [5.74, 6) is -1.14. The van der Waals surface area contributed by atoms with Gasteiger partial charge in [0.2, 0.25) is 15.9 Å². The minimum Gasteiger partial charge on any atom is -0.328 e. The van der Waals surface area contributed by atoms with Crippen molar-refractivity contribution in [3.8, 4) is 0 Å². The fourth-order valence-corrected chi connectivity index (χ4v) is 3.26. The Morgan fingerprint density at radius 1 is 1.45 bits per heavy atom. The summed E-state index contributed by atoms with van der Waals surface area (Å²) in [5.41, 5.74) is 5.81. The van der Waals surface area contributed by atoms with E-state index < -0.39 is 20.7 Å². The van der Waals surface area contributed by atoms with E-state index in [0.717, 1.165) is 25.0 Å². The molecule has 1 aliphatic rings. The van der Waals surface area contributed by atoms with Crippen LogP contribution in [0.4, 0.5) is 10.1 Å². The van der Waals surface area contributed by atoms with E-state index in [2.05, 4.69) is 10.0 Å². The maximum atomic E-state index is 13.8. The van der Waals surface area contributed by atoms with Crippen molar-refractivity contribution in [2.45, 2.75) is 49.6 Å². The van der Waals surface area contributed by atoms with Crippen molar-refractivity contribution in [1.82, 2.24) is 4.72 Å². The second kappa shape index (κ2) is 6.72. The molecular formula is C14H20FN3O3S. The molecule has 1 saturated carbocycles. The molecular weight excluding hydrogens is 309 g/mol. The molecule has 1 unspecified atom stereocenters. The smallest absolute Gasteiger partial charge is 0.243 e. The van der Waals surface area contributed by atoms with Crippen molar-refractivity contribution < 1.29 is 17.6 Å². The summed E-state index contributed by atoms with van der Waals surface area (Å²) in [6, 6.07) is 3.27. The molecule has 122 valence electrons. The summed E-state index contributed by atoms with van der Waals surface area (Å²) in [5, 5.41) is 2.55. The number of nitrogens with two attached hydrogens (primary N) is 1. The third kappa shape index (κ3) is 4.75. The lowest BCUT2D eigenvalue weighted by molar-refractivity contribution is -0.116. The Bertz CT molecular complexity index is 657. The van der Waals surface area contributed by atoms with Gasteiger partial charge in [0.05, 0.1) is 0 Å². The Morgan fingerprint density at radius 3 is 2.73 bits per heavy atom. The van der Waals surface area contributed by atoms with Gasteiger partial charge in [0.15, 0.2) is 0 Å². The van der Waals surface area contributed by atoms with Gasteiger partial charge in [0.1, 0.15) is 10.7 Å². The molecule has 1 atom stereocenters. The van der Waals surface area contributed by atoms with E-state index in [9.17, 15) is 17.6 Å². The van der Waals surface area contributed by atoms with Gasteiger partial charge in [-0.05, 0) is 44.4 Å². The number of rotatable bonds is 7. The zero-order valence-electron chi connectivity index (χ0n) is 12.3. The molecule has 22 heavy (non-hydrogen) atoms. The lowest BCUT2D eigenvalue weighted by Gasteiger charge is -2.10. The second-order valence-corrected chi connectivity index (χ2v) is 7.29. The van der Waals surface area contributed by atoms with E-state index >= 15 is 0 Å². The van der Waals surface area contributed by atoms with Crippen LogP contribution in [-0.2, 0) is 14.8 Å². The quantitative estimate of drug-likeness (QED) is 0.702. The van der Waals surface area contributed by atoms with Gasteiger partial charge in [0, 0.05) is 24.2 Å². The minimum absolute atomic E-state index is 0.0994. The number of halogens is 1. The van der Waals surface area contributed by atoms with Crippen LogP contribution in [0.2, 0.25) is 0 Å². The van der Waals surface area contributed by atoms with Crippen LogP contribution in [0.3, 0.4) is 0 Å². The van der Waals surface area contributed by atoms with E-state index in [-0.39, 0.29) is 30.1 Å². The van der Waals surface area contributed by atoms with Gasteiger partial charge in [-0.25, -0.2) is 17.5 Å². The van der Waals surface area contributed by atoms with Crippen molar-refractivity contribution in [2.24, 2.45) is 5.73 Å². The van der Waals surface area contributed by atoms with E-state index in [0.29, 0.717) is 6.42 Å². The molecule has 1 fully saturated rings. The summed E-state index contributed by atoms with van der Waals surface area (Å²) in [6.45, 7) is 1.79. The highest BCUT2D eigenvalue weighted by atomic mass is 32.2. The van der Waals surface area contributed by atoms with Crippen LogP contribution in [0.1, 0.15) is 32.6 Å². The predicted octanol–water partition coefficient (Wildman–Crippen LogP) is 1.33. The number of hydrogen-bond acceptors (Lipinski definition) is 4. The lowest BCUT2D eigenvalue weighted by atomic mass is 10.2. The molecule has 8 heteroatoms. The van der Waals surface area contributed by atoms with Crippen molar-refractivity contribution in [2.75, 3.05) is 5.32 Å². The molecule has 0 saturated heterocycles. The van der Waals surface area contributed by atoms with E-state index in [4.69, 9.17) is 5.73 Å². The fraction of sp³-hybridized carbons (Fsp3) is 0.500. The van der Waals surface area contributed by atoms with Crippen LogP contribution in [0.25, 0.3) is 0 Å². The first-order chi connectivity index (χ1) is 10.3. The maximum absolute atomic E-state index is 13.8. The highest BCUT2D eigenvalue weighted by Gasteiger charge is 2.29. The van der Waals surface area contributed by atoms with Gasteiger partial charge in [-0.3, -0.25) is 4.79 Å². The van der Waals surface area contributed by atoms with E-state index in [1.54, 1.807) is 6.92 Å². The molecule has 2 rings (SSSR count). The highest BCUT2D eigenvalue weighted by Crippen LogP contribution is 2.25. The lowest BCUT2D eigenvalue weighted by Crippen LogP contribution is -2.26. The molecule has 1 aromatic carbocycles. The topological polar surface area (TPSA) is 101 Å². The fourth-order valence-electron chi connectivity index (χ4n) is 1.85. The maximum Gasteiger partial charge on any atom is 0.243 e. The number of benzene rings is 1. The number of amides is 1. The van der Waals surface area contributed by atoms with Gasteiger partial charge < -0.3 is 11.1 Å². The second-order valence-electron chi connectivity index (χ2n) is 5.60. The average Bonchev–Trinajstić information content (AvgIpc) is 3.21. The summed E-state index contributed by atoms with van der Waals surface area (Å²) in [6.07, 6.45) is 2.25. The Labute approximate surface area is 129 Å². The number of anilines is 1. The van der Waals surface area contributed by atoms with Crippen LogP contribution < -0.4 is 15.8 Å². The van der Waals surface area contributed by atoms with Gasteiger partial charge in [-0.2, -0.15) is 0 Å². The summed E-state index contributed by atoms with van der Waals surface area (Å²) >= 11 is 0. The Balaban J connectivity index is 2.10. The molecule has 0 heterocycles. The summed E-state index contributed by atoms with van der Waals surface area (Å²) in [4.78, 5) is 11.3.